The number of aromatic nitrogens is 2. The van der Waals surface area contributed by atoms with Gasteiger partial charge in [0.2, 0.25) is 5.88 Å². The smallest absolute Gasteiger partial charge is 0.218 e. The summed E-state index contributed by atoms with van der Waals surface area (Å²) >= 11 is 0. The molecule has 0 amide bonds. The van der Waals surface area contributed by atoms with Crippen molar-refractivity contribution in [3.63, 3.8) is 0 Å². The van der Waals surface area contributed by atoms with Crippen LogP contribution >= 0.6 is 0 Å². The lowest BCUT2D eigenvalue weighted by Crippen LogP contribution is -2.33. The lowest BCUT2D eigenvalue weighted by molar-refractivity contribution is 0.396. The average Bonchev–Trinajstić information content (AvgIpc) is 2.67. The quantitative estimate of drug-likeness (QED) is 0.850. The van der Waals surface area contributed by atoms with Gasteiger partial charge in [0, 0.05) is 19.2 Å². The molecule has 94 valence electrons. The Hall–Kier alpha value is -1.36. The van der Waals surface area contributed by atoms with Crippen molar-refractivity contribution in [3.05, 3.63) is 12.4 Å². The second-order valence-electron chi connectivity index (χ2n) is 4.36. The first-order chi connectivity index (χ1) is 8.31. The van der Waals surface area contributed by atoms with Crippen molar-refractivity contribution in [1.29, 1.82) is 0 Å². The highest BCUT2D eigenvalue weighted by atomic mass is 16.5. The molecule has 1 N–H and O–H groups in total. The summed E-state index contributed by atoms with van der Waals surface area (Å²) in [6, 6.07) is 2.43. The van der Waals surface area contributed by atoms with Crippen molar-refractivity contribution in [1.82, 2.24) is 15.3 Å². The van der Waals surface area contributed by atoms with E-state index in [2.05, 4.69) is 27.2 Å². The van der Waals surface area contributed by atoms with Crippen molar-refractivity contribution in [2.24, 2.45) is 0 Å². The first-order valence-electron chi connectivity index (χ1n) is 6.11. The van der Waals surface area contributed by atoms with Crippen LogP contribution in [0, 0.1) is 0 Å². The number of nitrogens with zero attached hydrogens (tertiary/aromatic N) is 3. The standard InChI is InChI=1S/C12H20N4O/c1-16(10-4-3-6-13-7-5-10)11-8-12(17-2)15-9-14-11/h8-10,13H,3-7H2,1-2H3. The van der Waals surface area contributed by atoms with Gasteiger partial charge in [-0.3, -0.25) is 0 Å². The van der Waals surface area contributed by atoms with Gasteiger partial charge in [-0.15, -0.1) is 0 Å². The Labute approximate surface area is 102 Å². The molecule has 1 aromatic rings. The maximum absolute atomic E-state index is 5.13. The third-order valence-electron chi connectivity index (χ3n) is 3.29. The number of nitrogens with one attached hydrogen (secondary N) is 1. The summed E-state index contributed by atoms with van der Waals surface area (Å²) in [6.07, 6.45) is 5.13. The summed E-state index contributed by atoms with van der Waals surface area (Å²) in [7, 11) is 3.72. The van der Waals surface area contributed by atoms with Crippen LogP contribution in [0.4, 0.5) is 5.82 Å². The summed E-state index contributed by atoms with van der Waals surface area (Å²) in [5, 5.41) is 3.42. The van der Waals surface area contributed by atoms with Crippen LogP contribution in [0.1, 0.15) is 19.3 Å². The Kier molecular flexibility index (Phi) is 4.14. The van der Waals surface area contributed by atoms with Crippen LogP contribution in [-0.2, 0) is 0 Å². The molecule has 1 aromatic heterocycles. The molecule has 0 saturated carbocycles. The molecule has 17 heavy (non-hydrogen) atoms. The van der Waals surface area contributed by atoms with Gasteiger partial charge in [-0.1, -0.05) is 0 Å². The van der Waals surface area contributed by atoms with Crippen LogP contribution in [0.2, 0.25) is 0 Å². The van der Waals surface area contributed by atoms with Gasteiger partial charge in [-0.25, -0.2) is 9.97 Å². The Morgan fingerprint density at radius 3 is 3.06 bits per heavy atom. The molecule has 1 atom stereocenters. The molecule has 1 unspecified atom stereocenters. The number of hydrogen-bond acceptors (Lipinski definition) is 5. The van der Waals surface area contributed by atoms with Gasteiger partial charge < -0.3 is 15.0 Å². The predicted octanol–water partition coefficient (Wildman–Crippen LogP) is 1.06. The maximum Gasteiger partial charge on any atom is 0.218 e. The molecular formula is C12H20N4O. The Balaban J connectivity index is 2.08. The van der Waals surface area contributed by atoms with Crippen LogP contribution in [0.15, 0.2) is 12.4 Å². The first-order valence-corrected chi connectivity index (χ1v) is 6.11. The van der Waals surface area contributed by atoms with E-state index in [0.717, 1.165) is 25.3 Å². The molecule has 5 nitrogen and oxygen atoms in total. The highest BCUT2D eigenvalue weighted by molar-refractivity contribution is 5.41. The first kappa shape index (κ1) is 12.1. The minimum absolute atomic E-state index is 0.546. The minimum atomic E-state index is 0.546. The number of anilines is 1. The van der Waals surface area contributed by atoms with Crippen LogP contribution in [0.25, 0.3) is 0 Å². The van der Waals surface area contributed by atoms with E-state index in [0.29, 0.717) is 11.9 Å². The highest BCUT2D eigenvalue weighted by Crippen LogP contribution is 2.20. The molecular weight excluding hydrogens is 216 g/mol. The Morgan fingerprint density at radius 1 is 1.35 bits per heavy atom. The van der Waals surface area contributed by atoms with Crippen LogP contribution in [-0.4, -0.2) is 43.3 Å². The molecule has 0 spiro atoms. The van der Waals surface area contributed by atoms with Gasteiger partial charge in [0.15, 0.2) is 0 Å². The molecule has 5 heteroatoms. The molecule has 2 rings (SSSR count). The van der Waals surface area contributed by atoms with E-state index < -0.39 is 0 Å². The fourth-order valence-electron chi connectivity index (χ4n) is 2.21. The zero-order valence-corrected chi connectivity index (χ0v) is 10.5. The summed E-state index contributed by atoms with van der Waals surface area (Å²) < 4.78 is 5.13. The van der Waals surface area contributed by atoms with Gasteiger partial charge in [0.05, 0.1) is 7.11 Å². The van der Waals surface area contributed by atoms with Crippen LogP contribution < -0.4 is 15.0 Å². The van der Waals surface area contributed by atoms with Crippen molar-refractivity contribution >= 4 is 5.82 Å². The third-order valence-corrected chi connectivity index (χ3v) is 3.29. The van der Waals surface area contributed by atoms with E-state index in [1.54, 1.807) is 13.4 Å². The molecule has 1 aliphatic heterocycles. The third kappa shape index (κ3) is 3.06. The van der Waals surface area contributed by atoms with E-state index in [-0.39, 0.29) is 0 Å². The van der Waals surface area contributed by atoms with E-state index in [4.69, 9.17) is 4.74 Å². The monoisotopic (exact) mass is 236 g/mol. The topological polar surface area (TPSA) is 50.3 Å². The molecule has 0 aromatic carbocycles. The van der Waals surface area contributed by atoms with E-state index in [1.807, 2.05) is 6.07 Å². The van der Waals surface area contributed by atoms with Crippen molar-refractivity contribution in [3.8, 4) is 5.88 Å². The normalized spacial score (nSPS) is 20.7. The van der Waals surface area contributed by atoms with Crippen molar-refractivity contribution in [2.45, 2.75) is 25.3 Å². The maximum atomic E-state index is 5.13. The molecule has 1 aliphatic rings. The number of methoxy groups -OCH3 is 1. The van der Waals surface area contributed by atoms with Gasteiger partial charge in [0.1, 0.15) is 12.1 Å². The summed E-state index contributed by atoms with van der Waals surface area (Å²) in [6.45, 7) is 2.20. The fourth-order valence-corrected chi connectivity index (χ4v) is 2.21. The Morgan fingerprint density at radius 2 is 2.24 bits per heavy atom. The molecule has 1 saturated heterocycles. The zero-order valence-electron chi connectivity index (χ0n) is 10.5. The average molecular weight is 236 g/mol. The highest BCUT2D eigenvalue weighted by Gasteiger charge is 2.18. The van der Waals surface area contributed by atoms with Crippen molar-refractivity contribution < 1.29 is 4.74 Å². The molecule has 1 fully saturated rings. The second kappa shape index (κ2) is 5.82. The lowest BCUT2D eigenvalue weighted by Gasteiger charge is -2.27. The van der Waals surface area contributed by atoms with Gasteiger partial charge in [-0.2, -0.15) is 0 Å². The molecule has 0 bridgehead atoms. The second-order valence-corrected chi connectivity index (χ2v) is 4.36. The molecule has 0 aliphatic carbocycles. The fraction of sp³-hybridized carbons (Fsp3) is 0.667. The lowest BCUT2D eigenvalue weighted by atomic mass is 10.1. The summed E-state index contributed by atoms with van der Waals surface area (Å²) in [5.41, 5.74) is 0. The number of ether oxygens (including phenoxy) is 1. The largest absolute Gasteiger partial charge is 0.481 e. The van der Waals surface area contributed by atoms with Gasteiger partial charge >= 0.3 is 0 Å². The molecule has 2 heterocycles. The summed E-state index contributed by atoms with van der Waals surface area (Å²) in [4.78, 5) is 10.6. The van der Waals surface area contributed by atoms with E-state index in [9.17, 15) is 0 Å². The van der Waals surface area contributed by atoms with Crippen LogP contribution in [0.3, 0.4) is 0 Å². The van der Waals surface area contributed by atoms with E-state index in [1.165, 1.54) is 12.8 Å². The number of hydrogen-bond donors (Lipinski definition) is 1. The Bertz CT molecular complexity index is 350. The van der Waals surface area contributed by atoms with Gasteiger partial charge in [-0.05, 0) is 32.4 Å². The SMILES string of the molecule is COc1cc(N(C)C2CCCNCC2)ncn1. The zero-order chi connectivity index (χ0) is 12.1. The van der Waals surface area contributed by atoms with Crippen molar-refractivity contribution in [2.75, 3.05) is 32.1 Å². The van der Waals surface area contributed by atoms with Gasteiger partial charge in [0.25, 0.3) is 0 Å². The predicted molar refractivity (Wildman–Crippen MR) is 67.5 cm³/mol. The van der Waals surface area contributed by atoms with E-state index >= 15 is 0 Å². The summed E-state index contributed by atoms with van der Waals surface area (Å²) in [5.74, 6) is 1.55. The minimum Gasteiger partial charge on any atom is -0.481 e. The molecule has 0 radical (unpaired) electrons. The van der Waals surface area contributed by atoms with Crippen LogP contribution in [0.5, 0.6) is 5.88 Å². The number of rotatable bonds is 3.